The molecule has 6 fully saturated rings. The summed E-state index contributed by atoms with van der Waals surface area (Å²) in [4.78, 5) is 56.8. The fraction of sp³-hybridized carbons (Fsp3) is 0.524. The van der Waals surface area contributed by atoms with E-state index in [2.05, 4.69) is 16.5 Å². The summed E-state index contributed by atoms with van der Waals surface area (Å²) in [5.74, 6) is -3.21. The molecule has 1 unspecified atom stereocenters. The molecule has 306 valence electrons. The number of nitrogens with one attached hydrogen (secondary N) is 1. The van der Waals surface area contributed by atoms with E-state index in [1.54, 1.807) is 59.4 Å². The van der Waals surface area contributed by atoms with Crippen molar-refractivity contribution in [3.63, 3.8) is 0 Å². The Morgan fingerprint density at radius 3 is 2.28 bits per heavy atom. The van der Waals surface area contributed by atoms with Crippen molar-refractivity contribution in [1.82, 2.24) is 24.9 Å². The predicted molar refractivity (Wildman–Crippen MR) is 199 cm³/mol. The number of nitrogens with zero attached hydrogens (tertiary/aromatic N) is 5. The van der Waals surface area contributed by atoms with Crippen molar-refractivity contribution in [3.05, 3.63) is 88.7 Å². The number of nitriles is 1. The number of halogens is 3. The number of carbonyl (C=O) groups is 4. The molecule has 0 radical (unpaired) electrons. The fourth-order valence-corrected chi connectivity index (χ4v) is 9.18. The highest BCUT2D eigenvalue weighted by Gasteiger charge is 2.71. The molecule has 58 heavy (non-hydrogen) atoms. The van der Waals surface area contributed by atoms with Crippen LogP contribution < -0.4 is 5.32 Å². The van der Waals surface area contributed by atoms with Gasteiger partial charge < -0.3 is 29.3 Å². The molecule has 5 heterocycles. The second-order valence-corrected chi connectivity index (χ2v) is 16.8. The Morgan fingerprint density at radius 2 is 1.67 bits per heavy atom. The van der Waals surface area contributed by atoms with Gasteiger partial charge in [0, 0.05) is 43.2 Å². The first-order valence-electron chi connectivity index (χ1n) is 19.6. The van der Waals surface area contributed by atoms with E-state index < -0.39 is 52.7 Å². The van der Waals surface area contributed by atoms with Crippen molar-refractivity contribution in [2.45, 2.75) is 63.4 Å². The van der Waals surface area contributed by atoms with Gasteiger partial charge in [0.05, 0.1) is 80.5 Å². The van der Waals surface area contributed by atoms with Crippen molar-refractivity contribution in [2.24, 2.45) is 22.2 Å². The Bertz CT molecular complexity index is 2080. The molecule has 3 amide bonds. The SMILES string of the molecule is COC(=O)c1ccc([C@H](COCC23CCC(CC2)OC3)NC(=O)C2CN(C(=O)c3cnn(Cc4ccc(C#N)cc4)c3)CC23CN(C(=O)C2(C(F)(F)F)CC2)C3)cc1. The number of ether oxygens (including phenoxy) is 3. The molecule has 1 spiro atoms. The molecule has 9 rings (SSSR count). The maximum atomic E-state index is 14.5. The van der Waals surface area contributed by atoms with Gasteiger partial charge in [-0.1, -0.05) is 24.3 Å². The third-order valence-electron chi connectivity index (χ3n) is 12.9. The van der Waals surface area contributed by atoms with E-state index in [1.807, 2.05) is 0 Å². The smallest absolute Gasteiger partial charge is 0.403 e. The average molecular weight is 803 g/mol. The van der Waals surface area contributed by atoms with Gasteiger partial charge in [0.15, 0.2) is 0 Å². The van der Waals surface area contributed by atoms with Gasteiger partial charge in [-0.2, -0.15) is 23.5 Å². The molecule has 2 saturated carbocycles. The van der Waals surface area contributed by atoms with Gasteiger partial charge in [0.2, 0.25) is 11.8 Å². The highest BCUT2D eigenvalue weighted by molar-refractivity contribution is 5.95. The predicted octanol–water partition coefficient (Wildman–Crippen LogP) is 4.67. The van der Waals surface area contributed by atoms with Crippen molar-refractivity contribution in [2.75, 3.05) is 53.1 Å². The molecule has 2 bridgehead atoms. The van der Waals surface area contributed by atoms with Crippen molar-refractivity contribution in [3.8, 4) is 6.07 Å². The largest absolute Gasteiger partial charge is 0.465 e. The Hall–Kier alpha value is -5.27. The van der Waals surface area contributed by atoms with Gasteiger partial charge in [0.1, 0.15) is 5.41 Å². The minimum absolute atomic E-state index is 0.0333. The van der Waals surface area contributed by atoms with E-state index in [9.17, 15) is 32.3 Å². The zero-order chi connectivity index (χ0) is 40.9. The number of fused-ring (bicyclic) bond motifs is 3. The van der Waals surface area contributed by atoms with Crippen LogP contribution in [0.5, 0.6) is 0 Å². The highest BCUT2D eigenvalue weighted by atomic mass is 19.4. The first kappa shape index (κ1) is 39.6. The molecule has 6 aliphatic rings. The number of hydrogen-bond donors (Lipinski definition) is 1. The first-order valence-corrected chi connectivity index (χ1v) is 19.6. The number of hydrogen-bond acceptors (Lipinski definition) is 9. The average Bonchev–Trinajstić information content (AvgIpc) is 3.77. The van der Waals surface area contributed by atoms with Gasteiger partial charge in [-0.05, 0) is 73.9 Å². The van der Waals surface area contributed by atoms with Gasteiger partial charge in [-0.15, -0.1) is 0 Å². The lowest BCUT2D eigenvalue weighted by atomic mass is 9.70. The second-order valence-electron chi connectivity index (χ2n) is 16.8. The monoisotopic (exact) mass is 802 g/mol. The molecule has 2 aromatic carbocycles. The van der Waals surface area contributed by atoms with Crippen LogP contribution in [-0.2, 0) is 30.3 Å². The van der Waals surface area contributed by atoms with Crippen molar-refractivity contribution < 1.29 is 46.6 Å². The zero-order valence-corrected chi connectivity index (χ0v) is 32.1. The number of benzene rings is 2. The van der Waals surface area contributed by atoms with Crippen LogP contribution in [0.1, 0.15) is 82.0 Å². The number of carbonyl (C=O) groups excluding carboxylic acids is 4. The molecule has 4 saturated heterocycles. The molecule has 4 aliphatic heterocycles. The molecule has 13 nitrogen and oxygen atoms in total. The van der Waals surface area contributed by atoms with Crippen molar-refractivity contribution in [1.29, 1.82) is 5.26 Å². The molecule has 16 heteroatoms. The number of methoxy groups -OCH3 is 1. The van der Waals surface area contributed by atoms with Crippen LogP contribution in [0.15, 0.2) is 60.9 Å². The first-order chi connectivity index (χ1) is 27.8. The number of esters is 1. The molecule has 2 aliphatic carbocycles. The molecular weight excluding hydrogens is 757 g/mol. The van der Waals surface area contributed by atoms with Crippen LogP contribution in [0.4, 0.5) is 13.2 Å². The Balaban J connectivity index is 1.02. The summed E-state index contributed by atoms with van der Waals surface area (Å²) in [6.07, 6.45) is 1.99. The highest BCUT2D eigenvalue weighted by Crippen LogP contribution is 2.60. The van der Waals surface area contributed by atoms with E-state index >= 15 is 0 Å². The van der Waals surface area contributed by atoms with Gasteiger partial charge >= 0.3 is 12.1 Å². The molecule has 3 aromatic rings. The van der Waals surface area contributed by atoms with E-state index in [0.717, 1.165) is 31.2 Å². The normalized spacial score (nSPS) is 24.5. The number of alkyl halides is 3. The Morgan fingerprint density at radius 1 is 0.983 bits per heavy atom. The Kier molecular flexibility index (Phi) is 10.3. The summed E-state index contributed by atoms with van der Waals surface area (Å²) in [6.45, 7) is 1.26. The number of aromatic nitrogens is 2. The van der Waals surface area contributed by atoms with E-state index in [-0.39, 0.29) is 56.6 Å². The third-order valence-corrected chi connectivity index (χ3v) is 12.9. The van der Waals surface area contributed by atoms with Crippen LogP contribution >= 0.6 is 0 Å². The fourth-order valence-electron chi connectivity index (χ4n) is 9.18. The lowest BCUT2D eigenvalue weighted by Crippen LogP contribution is -2.66. The number of rotatable bonds is 12. The maximum Gasteiger partial charge on any atom is 0.403 e. The third kappa shape index (κ3) is 7.45. The summed E-state index contributed by atoms with van der Waals surface area (Å²) in [5, 5.41) is 16.6. The summed E-state index contributed by atoms with van der Waals surface area (Å²) in [6, 6.07) is 15.0. The van der Waals surface area contributed by atoms with E-state index in [1.165, 1.54) is 23.1 Å². The Labute approximate surface area is 333 Å². The van der Waals surface area contributed by atoms with Gasteiger partial charge in [-0.3, -0.25) is 19.1 Å². The number of amides is 3. The van der Waals surface area contributed by atoms with Crippen LogP contribution in [0.3, 0.4) is 0 Å². The molecule has 1 aromatic heterocycles. The van der Waals surface area contributed by atoms with Crippen LogP contribution in [0.25, 0.3) is 0 Å². The van der Waals surface area contributed by atoms with Gasteiger partial charge in [0.25, 0.3) is 5.91 Å². The quantitative estimate of drug-likeness (QED) is 0.258. The molecule has 2 atom stereocenters. The summed E-state index contributed by atoms with van der Waals surface area (Å²) >= 11 is 0. The lowest BCUT2D eigenvalue weighted by molar-refractivity contribution is -0.205. The van der Waals surface area contributed by atoms with E-state index in [0.29, 0.717) is 42.6 Å². The second kappa shape index (κ2) is 15.2. The summed E-state index contributed by atoms with van der Waals surface area (Å²) < 4.78 is 60.8. The lowest BCUT2D eigenvalue weighted by Gasteiger charge is -2.51. The maximum absolute atomic E-state index is 14.5. The summed E-state index contributed by atoms with van der Waals surface area (Å²) in [7, 11) is 1.28. The summed E-state index contributed by atoms with van der Waals surface area (Å²) in [5.41, 5.74) is -0.879. The minimum atomic E-state index is -4.68. The topological polar surface area (TPSA) is 156 Å². The van der Waals surface area contributed by atoms with E-state index in [4.69, 9.17) is 19.5 Å². The van der Waals surface area contributed by atoms with Crippen LogP contribution in [0.2, 0.25) is 0 Å². The molecular formula is C42H45F3N6O7. The van der Waals surface area contributed by atoms with Gasteiger partial charge in [-0.25, -0.2) is 4.79 Å². The van der Waals surface area contributed by atoms with Crippen LogP contribution in [0, 0.1) is 33.5 Å². The number of likely N-dealkylation sites (tertiary alicyclic amines) is 2. The standard InChI is InChI=1S/C42H45F3N6O7/c1-56-37(54)30-8-6-29(7-9-30)34(21-57-25-39-12-10-32(11-13-39)58-26-39)48-35(52)33-20-49(22-40(33)23-50(24-40)38(55)41(14-15-41)42(43,44)45)36(53)31-17-47-51(19-31)18-28-4-2-27(16-46)3-5-28/h2-9,17,19,32-34H,10-15,18,20-26H2,1H3,(H,48,52)/t32?,33?,34-,39?/m0/s1. The van der Waals surface area contributed by atoms with Crippen molar-refractivity contribution >= 4 is 23.7 Å². The minimum Gasteiger partial charge on any atom is -0.465 e. The molecule has 1 N–H and O–H groups in total. The zero-order valence-electron chi connectivity index (χ0n) is 32.1. The van der Waals surface area contributed by atoms with Crippen LogP contribution in [-0.4, -0.2) is 109 Å².